The Balaban J connectivity index is 1.75. The van der Waals surface area contributed by atoms with Gasteiger partial charge in [0.25, 0.3) is 5.91 Å². The number of nitrogens with two attached hydrogens (primary N) is 1. The van der Waals surface area contributed by atoms with Crippen molar-refractivity contribution in [2.75, 3.05) is 19.3 Å². The molecule has 3 atom stereocenters. The molecule has 108 valence electrons. The topological polar surface area (TPSA) is 46.3 Å². The van der Waals surface area contributed by atoms with Crippen LogP contribution in [0.25, 0.3) is 0 Å². The normalized spacial score (nSPS) is 29.3. The fourth-order valence-corrected chi connectivity index (χ4v) is 4.22. The summed E-state index contributed by atoms with van der Waals surface area (Å²) in [6.07, 6.45) is 5.40. The molecule has 1 aliphatic carbocycles. The Morgan fingerprint density at radius 3 is 2.80 bits per heavy atom. The lowest BCUT2D eigenvalue weighted by Crippen LogP contribution is -2.32. The van der Waals surface area contributed by atoms with E-state index in [1.807, 2.05) is 35.4 Å². The highest BCUT2D eigenvalue weighted by molar-refractivity contribution is 7.98. The van der Waals surface area contributed by atoms with E-state index in [0.29, 0.717) is 17.9 Å². The van der Waals surface area contributed by atoms with E-state index in [2.05, 4.69) is 0 Å². The van der Waals surface area contributed by atoms with Crippen LogP contribution in [-0.4, -0.2) is 36.2 Å². The van der Waals surface area contributed by atoms with Crippen LogP contribution in [0.2, 0.25) is 0 Å². The number of likely N-dealkylation sites (tertiary alicyclic amines) is 1. The number of carbonyl (C=O) groups excluding carboxylic acids is 1. The number of carbonyl (C=O) groups is 1. The first-order chi connectivity index (χ1) is 9.69. The van der Waals surface area contributed by atoms with Crippen LogP contribution in [0.15, 0.2) is 29.2 Å². The molecule has 1 aromatic carbocycles. The fourth-order valence-electron chi connectivity index (χ4n) is 3.63. The Labute approximate surface area is 124 Å². The molecule has 1 saturated carbocycles. The molecule has 1 amide bonds. The summed E-state index contributed by atoms with van der Waals surface area (Å²) in [5, 5.41) is 0. The number of benzene rings is 1. The van der Waals surface area contributed by atoms with Gasteiger partial charge in [0, 0.05) is 24.0 Å². The molecule has 1 unspecified atom stereocenters. The van der Waals surface area contributed by atoms with Crippen LogP contribution in [0.4, 0.5) is 0 Å². The average Bonchev–Trinajstić information content (AvgIpc) is 2.89. The summed E-state index contributed by atoms with van der Waals surface area (Å²) in [6.45, 7) is 1.80. The summed E-state index contributed by atoms with van der Waals surface area (Å²) in [7, 11) is 0. The van der Waals surface area contributed by atoms with Crippen LogP contribution in [0.1, 0.15) is 29.6 Å². The monoisotopic (exact) mass is 290 g/mol. The Kier molecular flexibility index (Phi) is 4.03. The highest BCUT2D eigenvalue weighted by atomic mass is 32.2. The summed E-state index contributed by atoms with van der Waals surface area (Å²) in [6, 6.07) is 8.25. The van der Waals surface area contributed by atoms with Crippen molar-refractivity contribution in [3.05, 3.63) is 29.8 Å². The molecule has 20 heavy (non-hydrogen) atoms. The zero-order valence-electron chi connectivity index (χ0n) is 11.9. The molecular formula is C16H22N2OS. The molecule has 0 radical (unpaired) electrons. The SMILES string of the molecule is CSc1ccccc1C(=O)N1C[C@H]2CCC(N)C[C@H]2C1. The van der Waals surface area contributed by atoms with Gasteiger partial charge < -0.3 is 10.6 Å². The molecule has 2 N–H and O–H groups in total. The van der Waals surface area contributed by atoms with Crippen molar-refractivity contribution in [3.63, 3.8) is 0 Å². The van der Waals surface area contributed by atoms with Gasteiger partial charge in [-0.2, -0.15) is 0 Å². The predicted octanol–water partition coefficient (Wildman–Crippen LogP) is 2.61. The Bertz CT molecular complexity index is 505. The number of thioether (sulfide) groups is 1. The Morgan fingerprint density at radius 1 is 1.25 bits per heavy atom. The number of hydrogen-bond acceptors (Lipinski definition) is 3. The van der Waals surface area contributed by atoms with Gasteiger partial charge in [0.2, 0.25) is 0 Å². The third kappa shape index (κ3) is 2.59. The minimum atomic E-state index is 0.193. The summed E-state index contributed by atoms with van der Waals surface area (Å²) in [5.74, 6) is 1.47. The minimum absolute atomic E-state index is 0.193. The smallest absolute Gasteiger partial charge is 0.255 e. The molecule has 0 bridgehead atoms. The van der Waals surface area contributed by atoms with Crippen LogP contribution in [0.5, 0.6) is 0 Å². The number of fused-ring (bicyclic) bond motifs is 1. The molecule has 0 spiro atoms. The molecule has 1 aliphatic heterocycles. The van der Waals surface area contributed by atoms with E-state index in [-0.39, 0.29) is 5.91 Å². The third-order valence-electron chi connectivity index (χ3n) is 4.71. The van der Waals surface area contributed by atoms with E-state index >= 15 is 0 Å². The second-order valence-electron chi connectivity index (χ2n) is 6.00. The van der Waals surface area contributed by atoms with Crippen LogP contribution in [0, 0.1) is 11.8 Å². The molecule has 2 aliphatic rings. The van der Waals surface area contributed by atoms with E-state index in [1.165, 1.54) is 6.42 Å². The van der Waals surface area contributed by atoms with E-state index in [9.17, 15) is 4.79 Å². The van der Waals surface area contributed by atoms with Gasteiger partial charge >= 0.3 is 0 Å². The van der Waals surface area contributed by atoms with Gasteiger partial charge in [-0.3, -0.25) is 4.79 Å². The molecule has 1 heterocycles. The fraction of sp³-hybridized carbons (Fsp3) is 0.562. The quantitative estimate of drug-likeness (QED) is 0.852. The predicted molar refractivity (Wildman–Crippen MR) is 82.9 cm³/mol. The number of amides is 1. The highest BCUT2D eigenvalue weighted by Gasteiger charge is 2.38. The maximum absolute atomic E-state index is 12.7. The maximum atomic E-state index is 12.7. The first-order valence-corrected chi connectivity index (χ1v) is 8.59. The van der Waals surface area contributed by atoms with Crippen molar-refractivity contribution < 1.29 is 4.79 Å². The van der Waals surface area contributed by atoms with Gasteiger partial charge in [-0.25, -0.2) is 0 Å². The van der Waals surface area contributed by atoms with Crippen LogP contribution < -0.4 is 5.73 Å². The standard InChI is InChI=1S/C16H22N2OS/c1-20-15-5-3-2-4-14(15)16(19)18-9-11-6-7-13(17)8-12(11)10-18/h2-5,11-13H,6-10,17H2,1H3/t11-,12+,13?/m1/s1. The first-order valence-electron chi connectivity index (χ1n) is 7.37. The molecule has 1 aromatic rings. The van der Waals surface area contributed by atoms with Crippen molar-refractivity contribution in [1.29, 1.82) is 0 Å². The summed E-state index contributed by atoms with van der Waals surface area (Å²) < 4.78 is 0. The van der Waals surface area contributed by atoms with E-state index in [1.54, 1.807) is 11.8 Å². The van der Waals surface area contributed by atoms with Crippen LogP contribution in [0.3, 0.4) is 0 Å². The van der Waals surface area contributed by atoms with Gasteiger partial charge in [0.05, 0.1) is 5.56 Å². The minimum Gasteiger partial charge on any atom is -0.338 e. The molecule has 3 rings (SSSR count). The van der Waals surface area contributed by atoms with Crippen molar-refractivity contribution in [3.8, 4) is 0 Å². The van der Waals surface area contributed by atoms with Gasteiger partial charge in [-0.1, -0.05) is 12.1 Å². The highest BCUT2D eigenvalue weighted by Crippen LogP contribution is 2.36. The van der Waals surface area contributed by atoms with Gasteiger partial charge in [0.1, 0.15) is 0 Å². The van der Waals surface area contributed by atoms with Gasteiger partial charge in [-0.05, 0) is 49.5 Å². The summed E-state index contributed by atoms with van der Waals surface area (Å²) in [4.78, 5) is 15.9. The largest absolute Gasteiger partial charge is 0.338 e. The Morgan fingerprint density at radius 2 is 2.00 bits per heavy atom. The van der Waals surface area contributed by atoms with Crippen molar-refractivity contribution in [2.24, 2.45) is 17.6 Å². The second kappa shape index (κ2) is 5.78. The van der Waals surface area contributed by atoms with E-state index in [4.69, 9.17) is 5.73 Å². The lowest BCUT2D eigenvalue weighted by atomic mass is 9.79. The first kappa shape index (κ1) is 14.0. The van der Waals surface area contributed by atoms with Crippen LogP contribution >= 0.6 is 11.8 Å². The molecule has 3 nitrogen and oxygen atoms in total. The van der Waals surface area contributed by atoms with Gasteiger partial charge in [-0.15, -0.1) is 11.8 Å². The zero-order valence-corrected chi connectivity index (χ0v) is 12.7. The number of nitrogens with zero attached hydrogens (tertiary/aromatic N) is 1. The average molecular weight is 290 g/mol. The second-order valence-corrected chi connectivity index (χ2v) is 6.85. The maximum Gasteiger partial charge on any atom is 0.255 e. The lowest BCUT2D eigenvalue weighted by Gasteiger charge is -2.27. The van der Waals surface area contributed by atoms with E-state index in [0.717, 1.165) is 36.4 Å². The summed E-state index contributed by atoms with van der Waals surface area (Å²) in [5.41, 5.74) is 6.91. The van der Waals surface area contributed by atoms with Gasteiger partial charge in [0.15, 0.2) is 0 Å². The van der Waals surface area contributed by atoms with Crippen LogP contribution in [-0.2, 0) is 0 Å². The summed E-state index contributed by atoms with van der Waals surface area (Å²) >= 11 is 1.64. The molecule has 2 fully saturated rings. The number of rotatable bonds is 2. The zero-order chi connectivity index (χ0) is 14.1. The molecule has 4 heteroatoms. The van der Waals surface area contributed by atoms with Crippen molar-refractivity contribution >= 4 is 17.7 Å². The lowest BCUT2D eigenvalue weighted by molar-refractivity contribution is 0.0780. The molecular weight excluding hydrogens is 268 g/mol. The van der Waals surface area contributed by atoms with Crippen molar-refractivity contribution in [2.45, 2.75) is 30.2 Å². The van der Waals surface area contributed by atoms with E-state index < -0.39 is 0 Å². The molecule has 0 aromatic heterocycles. The molecule has 1 saturated heterocycles. The number of hydrogen-bond donors (Lipinski definition) is 1. The third-order valence-corrected chi connectivity index (χ3v) is 5.51. The van der Waals surface area contributed by atoms with Crippen molar-refractivity contribution in [1.82, 2.24) is 4.90 Å². The Hall–Kier alpha value is -1.00.